The first-order valence-electron chi connectivity index (χ1n) is 10.7. The van der Waals surface area contributed by atoms with E-state index in [2.05, 4.69) is 20.4 Å². The van der Waals surface area contributed by atoms with E-state index < -0.39 is 42.2 Å². The van der Waals surface area contributed by atoms with Crippen molar-refractivity contribution in [2.24, 2.45) is 7.05 Å². The Bertz CT molecular complexity index is 1450. The summed E-state index contributed by atoms with van der Waals surface area (Å²) in [7, 11) is 1.73. The zero-order valence-corrected chi connectivity index (χ0v) is 18.6. The standard InChI is InChI=1S/C22H20F3N7O4/c1-31-6-5-13(30-31)12-8-32(19-14(12)18(26)27-9-28-19)21-16(34)15(33)17(36-21)20(35)29-11-4-2-3-10(7-11)22(23,24)25/h2-9,15-17,21,33-34H,1H3,(H,29,35)(H2,26,27,28)/t15-,16+,17-,21+/m0/s1. The molecule has 1 aromatic carbocycles. The molecule has 0 radical (unpaired) electrons. The van der Waals surface area contributed by atoms with Gasteiger partial charge in [0.15, 0.2) is 12.3 Å². The van der Waals surface area contributed by atoms with Crippen LogP contribution < -0.4 is 11.1 Å². The molecule has 0 bridgehead atoms. The van der Waals surface area contributed by atoms with Crippen molar-refractivity contribution in [2.45, 2.75) is 30.7 Å². The SMILES string of the molecule is Cn1ccc(-c2cn([C@@H]3O[C@H](C(=O)Nc4cccc(C(F)(F)F)c4)[C@@H](O)[C@H]3O)c3ncnc(N)c23)n1. The number of aryl methyl sites for hydroxylation is 1. The van der Waals surface area contributed by atoms with Crippen LogP contribution in [0.5, 0.6) is 0 Å². The minimum atomic E-state index is -4.60. The van der Waals surface area contributed by atoms with Gasteiger partial charge in [0.05, 0.1) is 16.6 Å². The van der Waals surface area contributed by atoms with Crippen molar-refractivity contribution in [3.05, 3.63) is 54.6 Å². The number of nitrogens with two attached hydrogens (primary N) is 1. The topological polar surface area (TPSA) is 153 Å². The molecule has 188 valence electrons. The number of benzene rings is 1. The van der Waals surface area contributed by atoms with Gasteiger partial charge in [0.25, 0.3) is 5.91 Å². The number of carbonyl (C=O) groups excluding carboxylic acids is 1. The molecule has 0 saturated carbocycles. The Morgan fingerprint density at radius 3 is 2.67 bits per heavy atom. The summed E-state index contributed by atoms with van der Waals surface area (Å²) in [5.74, 6) is -0.787. The predicted molar refractivity (Wildman–Crippen MR) is 120 cm³/mol. The fraction of sp³-hybridized carbons (Fsp3) is 0.273. The first-order valence-corrected chi connectivity index (χ1v) is 10.7. The van der Waals surface area contributed by atoms with Crippen molar-refractivity contribution in [2.75, 3.05) is 11.1 Å². The molecule has 1 amide bonds. The number of anilines is 2. The minimum absolute atomic E-state index is 0.145. The number of hydrogen-bond acceptors (Lipinski definition) is 8. The molecule has 1 aliphatic heterocycles. The van der Waals surface area contributed by atoms with Crippen LogP contribution in [0, 0.1) is 0 Å². The Balaban J connectivity index is 1.46. The maximum Gasteiger partial charge on any atom is 0.416 e. The van der Waals surface area contributed by atoms with Crippen LogP contribution in [0.25, 0.3) is 22.3 Å². The molecule has 14 heteroatoms. The lowest BCUT2D eigenvalue weighted by atomic mass is 10.1. The van der Waals surface area contributed by atoms with Gasteiger partial charge in [-0.05, 0) is 24.3 Å². The van der Waals surface area contributed by atoms with Crippen LogP contribution in [-0.2, 0) is 22.8 Å². The molecule has 3 aromatic heterocycles. The second-order valence-electron chi connectivity index (χ2n) is 8.28. The van der Waals surface area contributed by atoms with Crippen LogP contribution in [0.4, 0.5) is 24.7 Å². The molecule has 1 aliphatic rings. The fourth-order valence-electron chi connectivity index (χ4n) is 4.15. The molecule has 4 heterocycles. The van der Waals surface area contributed by atoms with Crippen molar-refractivity contribution in [1.82, 2.24) is 24.3 Å². The minimum Gasteiger partial charge on any atom is -0.387 e. The van der Waals surface area contributed by atoms with Gasteiger partial charge in [-0.3, -0.25) is 9.48 Å². The van der Waals surface area contributed by atoms with Gasteiger partial charge in [0.1, 0.15) is 30.0 Å². The van der Waals surface area contributed by atoms with Crippen molar-refractivity contribution in [3.8, 4) is 11.3 Å². The summed E-state index contributed by atoms with van der Waals surface area (Å²) >= 11 is 0. The van der Waals surface area contributed by atoms with Gasteiger partial charge in [-0.25, -0.2) is 9.97 Å². The van der Waals surface area contributed by atoms with E-state index in [1.54, 1.807) is 30.2 Å². The number of nitrogens with zero attached hydrogens (tertiary/aromatic N) is 5. The number of ether oxygens (including phenoxy) is 1. The summed E-state index contributed by atoms with van der Waals surface area (Å²) in [6, 6.07) is 5.75. The Morgan fingerprint density at radius 1 is 1.19 bits per heavy atom. The van der Waals surface area contributed by atoms with E-state index in [0.29, 0.717) is 16.6 Å². The highest BCUT2D eigenvalue weighted by Crippen LogP contribution is 2.38. The summed E-state index contributed by atoms with van der Waals surface area (Å²) in [6.07, 6.45) is -6.23. The van der Waals surface area contributed by atoms with Crippen molar-refractivity contribution >= 4 is 28.4 Å². The molecule has 0 unspecified atom stereocenters. The number of fused-ring (bicyclic) bond motifs is 1. The summed E-state index contributed by atoms with van der Waals surface area (Å²) < 4.78 is 47.7. The normalized spacial score (nSPS) is 22.3. The average molecular weight is 503 g/mol. The van der Waals surface area contributed by atoms with Crippen molar-refractivity contribution in [3.63, 3.8) is 0 Å². The molecular formula is C22H20F3N7O4. The van der Waals surface area contributed by atoms with Gasteiger partial charge in [-0.15, -0.1) is 0 Å². The van der Waals surface area contributed by atoms with Gasteiger partial charge >= 0.3 is 6.18 Å². The van der Waals surface area contributed by atoms with Crippen LogP contribution in [-0.4, -0.2) is 58.7 Å². The lowest BCUT2D eigenvalue weighted by molar-refractivity contribution is -0.137. The van der Waals surface area contributed by atoms with E-state index in [4.69, 9.17) is 10.5 Å². The summed E-state index contributed by atoms with van der Waals surface area (Å²) in [5, 5.41) is 28.4. The number of hydrogen-bond donors (Lipinski definition) is 4. The molecule has 1 fully saturated rings. The van der Waals surface area contributed by atoms with E-state index in [0.717, 1.165) is 18.2 Å². The van der Waals surface area contributed by atoms with Crippen LogP contribution >= 0.6 is 0 Å². The fourth-order valence-corrected chi connectivity index (χ4v) is 4.15. The number of rotatable bonds is 4. The molecule has 4 aromatic rings. The smallest absolute Gasteiger partial charge is 0.387 e. The zero-order chi connectivity index (χ0) is 25.8. The number of nitrogen functional groups attached to an aromatic ring is 1. The molecule has 4 atom stereocenters. The van der Waals surface area contributed by atoms with E-state index in [-0.39, 0.29) is 17.2 Å². The molecule has 11 nitrogen and oxygen atoms in total. The number of halogens is 3. The number of carbonyl (C=O) groups is 1. The van der Waals surface area contributed by atoms with Gasteiger partial charge in [-0.1, -0.05) is 6.07 Å². The highest BCUT2D eigenvalue weighted by molar-refractivity contribution is 6.00. The molecule has 36 heavy (non-hydrogen) atoms. The van der Waals surface area contributed by atoms with Crippen LogP contribution in [0.15, 0.2) is 49.1 Å². The lowest BCUT2D eigenvalue weighted by Gasteiger charge is -2.17. The third-order valence-electron chi connectivity index (χ3n) is 5.86. The van der Waals surface area contributed by atoms with E-state index in [9.17, 15) is 28.2 Å². The number of aliphatic hydroxyl groups is 2. The van der Waals surface area contributed by atoms with Gasteiger partial charge in [0, 0.05) is 30.7 Å². The number of aromatic nitrogens is 5. The molecule has 5 rings (SSSR count). The molecular weight excluding hydrogens is 483 g/mol. The third kappa shape index (κ3) is 4.04. The van der Waals surface area contributed by atoms with Crippen molar-refractivity contribution in [1.29, 1.82) is 0 Å². The first kappa shape index (κ1) is 23.7. The van der Waals surface area contributed by atoms with Crippen molar-refractivity contribution < 1.29 is 32.9 Å². The predicted octanol–water partition coefficient (Wildman–Crippen LogP) is 1.69. The summed E-state index contributed by atoms with van der Waals surface area (Å²) in [5.41, 5.74) is 6.32. The van der Waals surface area contributed by atoms with Gasteiger partial charge in [0.2, 0.25) is 0 Å². The zero-order valence-electron chi connectivity index (χ0n) is 18.6. The van der Waals surface area contributed by atoms with E-state index in [1.165, 1.54) is 17.0 Å². The van der Waals surface area contributed by atoms with Gasteiger partial charge in [-0.2, -0.15) is 18.3 Å². The Morgan fingerprint density at radius 2 is 1.97 bits per heavy atom. The number of amides is 1. The maximum atomic E-state index is 13.0. The molecule has 5 N–H and O–H groups in total. The highest BCUT2D eigenvalue weighted by Gasteiger charge is 2.48. The number of nitrogens with one attached hydrogen (secondary N) is 1. The van der Waals surface area contributed by atoms with E-state index >= 15 is 0 Å². The molecule has 0 spiro atoms. The van der Waals surface area contributed by atoms with E-state index in [1.807, 2.05) is 0 Å². The monoisotopic (exact) mass is 503 g/mol. The summed E-state index contributed by atoms with van der Waals surface area (Å²) in [6.45, 7) is 0. The van der Waals surface area contributed by atoms with Gasteiger partial charge < -0.3 is 30.6 Å². The quantitative estimate of drug-likeness (QED) is 0.328. The Labute approximate surface area is 200 Å². The third-order valence-corrected chi connectivity index (χ3v) is 5.86. The Kier molecular flexibility index (Phi) is 5.65. The highest BCUT2D eigenvalue weighted by atomic mass is 19.4. The number of aliphatic hydroxyl groups excluding tert-OH is 2. The average Bonchev–Trinajstić information content (AvgIpc) is 3.50. The second kappa shape index (κ2) is 8.58. The molecule has 1 saturated heterocycles. The summed E-state index contributed by atoms with van der Waals surface area (Å²) in [4.78, 5) is 21.0. The van der Waals surface area contributed by atoms with Crippen LogP contribution in [0.1, 0.15) is 11.8 Å². The second-order valence-corrected chi connectivity index (χ2v) is 8.28. The maximum absolute atomic E-state index is 13.0. The largest absolute Gasteiger partial charge is 0.416 e. The lowest BCUT2D eigenvalue weighted by Crippen LogP contribution is -2.39. The molecule has 0 aliphatic carbocycles. The Hall–Kier alpha value is -4.01. The first-order chi connectivity index (χ1) is 17.0. The van der Waals surface area contributed by atoms with Crippen LogP contribution in [0.3, 0.4) is 0 Å². The van der Waals surface area contributed by atoms with Crippen LogP contribution in [0.2, 0.25) is 0 Å². The number of alkyl halides is 3.